The first-order chi connectivity index (χ1) is 9.06. The molecule has 0 aliphatic rings. The van der Waals surface area contributed by atoms with Crippen LogP contribution in [-0.4, -0.2) is 45.4 Å². The topological polar surface area (TPSA) is 70.5 Å². The van der Waals surface area contributed by atoms with Crippen LogP contribution >= 0.6 is 11.8 Å². The molecule has 1 aromatic heterocycles. The summed E-state index contributed by atoms with van der Waals surface area (Å²) >= 11 is 1.12. The lowest BCUT2D eigenvalue weighted by Gasteiger charge is -2.27. The molecule has 0 aromatic carbocycles. The van der Waals surface area contributed by atoms with Crippen LogP contribution in [0.4, 0.5) is 0 Å². The minimum absolute atomic E-state index is 0.000859. The highest BCUT2D eigenvalue weighted by Crippen LogP contribution is 2.22. The minimum atomic E-state index is -0.901. The number of aromatic nitrogens is 1. The predicted molar refractivity (Wildman–Crippen MR) is 75.0 cm³/mol. The molecule has 0 spiro atoms. The molecule has 0 radical (unpaired) electrons. The molecule has 1 N–H and O–H groups in total. The Morgan fingerprint density at radius 2 is 2.00 bits per heavy atom. The second-order valence-corrected chi connectivity index (χ2v) is 5.08. The fourth-order valence-corrected chi connectivity index (χ4v) is 2.47. The zero-order chi connectivity index (χ0) is 14.3. The van der Waals surface area contributed by atoms with Gasteiger partial charge in [-0.1, -0.05) is 6.92 Å². The molecule has 0 fully saturated rings. The quantitative estimate of drug-likeness (QED) is 0.826. The molecule has 1 amide bonds. The van der Waals surface area contributed by atoms with Gasteiger partial charge in [-0.3, -0.25) is 14.6 Å². The summed E-state index contributed by atoms with van der Waals surface area (Å²) in [6.45, 7) is 2.01. The van der Waals surface area contributed by atoms with E-state index in [1.54, 1.807) is 24.3 Å². The lowest BCUT2D eigenvalue weighted by atomic mass is 10.0. The van der Waals surface area contributed by atoms with Crippen molar-refractivity contribution in [3.63, 3.8) is 0 Å². The third-order valence-electron chi connectivity index (χ3n) is 2.79. The largest absolute Gasteiger partial charge is 0.481 e. The Labute approximate surface area is 117 Å². The summed E-state index contributed by atoms with van der Waals surface area (Å²) in [7, 11) is 1.75. The van der Waals surface area contributed by atoms with Crippen LogP contribution in [0.25, 0.3) is 0 Å². The van der Waals surface area contributed by atoms with Gasteiger partial charge in [0.05, 0.1) is 17.5 Å². The molecule has 0 aliphatic carbocycles. The third kappa shape index (κ3) is 4.90. The van der Waals surface area contributed by atoms with Crippen molar-refractivity contribution in [2.75, 3.05) is 18.6 Å². The van der Waals surface area contributed by atoms with E-state index in [2.05, 4.69) is 4.98 Å². The van der Waals surface area contributed by atoms with Crippen LogP contribution in [0, 0.1) is 0 Å². The van der Waals surface area contributed by atoms with Gasteiger partial charge in [-0.25, -0.2) is 0 Å². The first kappa shape index (κ1) is 15.5. The van der Waals surface area contributed by atoms with Gasteiger partial charge in [0.15, 0.2) is 0 Å². The third-order valence-corrected chi connectivity index (χ3v) is 3.69. The number of aliphatic carboxylic acids is 1. The standard InChI is InChI=1S/C13H18N2O3S/c1-3-11(10-4-6-14-7-5-10)15(2)12(16)8-19-9-13(17)18/h4-7,11H,3,8-9H2,1-2H3,(H,17,18). The first-order valence-electron chi connectivity index (χ1n) is 6.01. The fourth-order valence-electron chi connectivity index (χ4n) is 1.82. The molecule has 1 heterocycles. The molecule has 0 bridgehead atoms. The van der Waals surface area contributed by atoms with E-state index < -0.39 is 5.97 Å². The molecule has 0 saturated heterocycles. The van der Waals surface area contributed by atoms with Crippen molar-refractivity contribution in [1.29, 1.82) is 0 Å². The summed E-state index contributed by atoms with van der Waals surface area (Å²) < 4.78 is 0. The van der Waals surface area contributed by atoms with Crippen molar-refractivity contribution in [3.8, 4) is 0 Å². The van der Waals surface area contributed by atoms with Crippen LogP contribution in [0.2, 0.25) is 0 Å². The van der Waals surface area contributed by atoms with E-state index in [-0.39, 0.29) is 23.5 Å². The molecule has 19 heavy (non-hydrogen) atoms. The number of pyridine rings is 1. The maximum atomic E-state index is 12.0. The molecular formula is C13H18N2O3S. The van der Waals surface area contributed by atoms with Gasteiger partial charge in [-0.2, -0.15) is 0 Å². The van der Waals surface area contributed by atoms with E-state index in [0.717, 1.165) is 23.7 Å². The van der Waals surface area contributed by atoms with Crippen molar-refractivity contribution in [1.82, 2.24) is 9.88 Å². The lowest BCUT2D eigenvalue weighted by Crippen LogP contribution is -2.32. The lowest BCUT2D eigenvalue weighted by molar-refractivity contribution is -0.133. The Hall–Kier alpha value is -1.56. The highest BCUT2D eigenvalue weighted by atomic mass is 32.2. The summed E-state index contributed by atoms with van der Waals surface area (Å²) in [6, 6.07) is 3.78. The SMILES string of the molecule is CCC(c1ccncc1)N(C)C(=O)CSCC(=O)O. The van der Waals surface area contributed by atoms with Crippen molar-refractivity contribution < 1.29 is 14.7 Å². The average molecular weight is 282 g/mol. The second-order valence-electron chi connectivity index (χ2n) is 4.10. The summed E-state index contributed by atoms with van der Waals surface area (Å²) in [6.07, 6.45) is 4.21. The molecule has 1 atom stereocenters. The van der Waals surface area contributed by atoms with Gasteiger partial charge in [0.25, 0.3) is 0 Å². The molecular weight excluding hydrogens is 264 g/mol. The zero-order valence-electron chi connectivity index (χ0n) is 11.1. The summed E-state index contributed by atoms with van der Waals surface area (Å²) in [5, 5.41) is 8.55. The van der Waals surface area contributed by atoms with Gasteiger partial charge in [0.2, 0.25) is 5.91 Å². The Morgan fingerprint density at radius 3 is 2.53 bits per heavy atom. The summed E-state index contributed by atoms with van der Waals surface area (Å²) in [5.41, 5.74) is 1.04. The highest BCUT2D eigenvalue weighted by Gasteiger charge is 2.19. The monoisotopic (exact) mass is 282 g/mol. The molecule has 0 aliphatic heterocycles. The average Bonchev–Trinajstić information content (AvgIpc) is 2.40. The van der Waals surface area contributed by atoms with Gasteiger partial charge in [0, 0.05) is 19.4 Å². The van der Waals surface area contributed by atoms with E-state index in [9.17, 15) is 9.59 Å². The van der Waals surface area contributed by atoms with Crippen molar-refractivity contribution in [3.05, 3.63) is 30.1 Å². The van der Waals surface area contributed by atoms with Gasteiger partial charge in [-0.15, -0.1) is 11.8 Å². The van der Waals surface area contributed by atoms with E-state index >= 15 is 0 Å². The Bertz CT molecular complexity index is 425. The van der Waals surface area contributed by atoms with Crippen LogP contribution in [0.1, 0.15) is 24.9 Å². The smallest absolute Gasteiger partial charge is 0.313 e. The van der Waals surface area contributed by atoms with Gasteiger partial charge in [0.1, 0.15) is 0 Å². The number of hydrogen-bond acceptors (Lipinski definition) is 4. The summed E-state index contributed by atoms with van der Waals surface area (Å²) in [5.74, 6) is -0.827. The molecule has 1 unspecified atom stereocenters. The normalized spacial score (nSPS) is 11.9. The van der Waals surface area contributed by atoms with E-state index in [4.69, 9.17) is 5.11 Å². The molecule has 1 aromatic rings. The highest BCUT2D eigenvalue weighted by molar-refractivity contribution is 8.00. The zero-order valence-corrected chi connectivity index (χ0v) is 11.9. The predicted octanol–water partition coefficient (Wildman–Crippen LogP) is 1.81. The van der Waals surface area contributed by atoms with Gasteiger partial charge in [-0.05, 0) is 24.1 Å². The number of rotatable bonds is 7. The number of nitrogens with zero attached hydrogens (tertiary/aromatic N) is 2. The second kappa shape index (κ2) is 7.78. The van der Waals surface area contributed by atoms with Crippen molar-refractivity contribution in [2.24, 2.45) is 0 Å². The first-order valence-corrected chi connectivity index (χ1v) is 7.16. The molecule has 1 rings (SSSR count). The molecule has 0 saturated carbocycles. The number of carboxylic acid groups (broad SMARTS) is 1. The van der Waals surface area contributed by atoms with Crippen LogP contribution in [-0.2, 0) is 9.59 Å². The number of carbonyl (C=O) groups is 2. The van der Waals surface area contributed by atoms with Crippen LogP contribution in [0.3, 0.4) is 0 Å². The van der Waals surface area contributed by atoms with Gasteiger partial charge >= 0.3 is 5.97 Å². The van der Waals surface area contributed by atoms with E-state index in [1.165, 1.54) is 0 Å². The van der Waals surface area contributed by atoms with Crippen LogP contribution in [0.5, 0.6) is 0 Å². The number of amides is 1. The van der Waals surface area contributed by atoms with E-state index in [1.807, 2.05) is 19.1 Å². The molecule has 104 valence electrons. The summed E-state index contributed by atoms with van der Waals surface area (Å²) in [4.78, 5) is 28.0. The number of carboxylic acids is 1. The fraction of sp³-hybridized carbons (Fsp3) is 0.462. The Morgan fingerprint density at radius 1 is 1.37 bits per heavy atom. The van der Waals surface area contributed by atoms with E-state index in [0.29, 0.717) is 0 Å². The molecule has 5 nitrogen and oxygen atoms in total. The minimum Gasteiger partial charge on any atom is -0.481 e. The maximum absolute atomic E-state index is 12.0. The molecule has 6 heteroatoms. The number of thioether (sulfide) groups is 1. The van der Waals surface area contributed by atoms with Crippen LogP contribution < -0.4 is 0 Å². The Balaban J connectivity index is 2.61. The Kier molecular flexibility index (Phi) is 6.35. The maximum Gasteiger partial charge on any atom is 0.313 e. The van der Waals surface area contributed by atoms with Crippen LogP contribution in [0.15, 0.2) is 24.5 Å². The van der Waals surface area contributed by atoms with Gasteiger partial charge < -0.3 is 10.0 Å². The van der Waals surface area contributed by atoms with Crippen molar-refractivity contribution >= 4 is 23.6 Å². The number of carbonyl (C=O) groups excluding carboxylic acids is 1. The van der Waals surface area contributed by atoms with Crippen molar-refractivity contribution in [2.45, 2.75) is 19.4 Å². The number of hydrogen-bond donors (Lipinski definition) is 1.